The maximum absolute atomic E-state index is 12.8. The van der Waals surface area contributed by atoms with Crippen molar-refractivity contribution in [1.29, 1.82) is 0 Å². The fourth-order valence-corrected chi connectivity index (χ4v) is 2.51. The Labute approximate surface area is 118 Å². The lowest BCUT2D eigenvalue weighted by Gasteiger charge is -2.28. The minimum Gasteiger partial charge on any atom is -0.366 e. The monoisotopic (exact) mass is 300 g/mol. The molecule has 2 N–H and O–H groups in total. The molecule has 2 unspecified atom stereocenters. The molecule has 9 heteroatoms. The largest absolute Gasteiger partial charge is 0.453 e. The molecule has 0 aliphatic carbocycles. The van der Waals surface area contributed by atoms with Gasteiger partial charge in [-0.3, -0.25) is 0 Å². The van der Waals surface area contributed by atoms with E-state index in [9.17, 15) is 13.2 Å². The van der Waals surface area contributed by atoms with Crippen molar-refractivity contribution < 1.29 is 13.2 Å². The number of halogens is 3. The summed E-state index contributed by atoms with van der Waals surface area (Å²) in [6.07, 6.45) is -2.78. The van der Waals surface area contributed by atoms with Crippen molar-refractivity contribution in [3.8, 4) is 0 Å². The van der Waals surface area contributed by atoms with E-state index in [0.717, 1.165) is 23.9 Å². The minimum absolute atomic E-state index is 0.0755. The SMILES string of the molecule is CC1CC(Nc2ccc3nnc(C(F)(F)F)n3n2)CCN1. The van der Waals surface area contributed by atoms with Crippen LogP contribution in [0.4, 0.5) is 19.0 Å². The number of alkyl halides is 3. The smallest absolute Gasteiger partial charge is 0.366 e. The number of fused-ring (bicyclic) bond motifs is 1. The summed E-state index contributed by atoms with van der Waals surface area (Å²) in [6.45, 7) is 2.95. The number of hydrogen-bond donors (Lipinski definition) is 2. The Morgan fingerprint density at radius 2 is 2.14 bits per heavy atom. The molecule has 21 heavy (non-hydrogen) atoms. The van der Waals surface area contributed by atoms with Crippen LogP contribution in [0, 0.1) is 0 Å². The molecule has 1 aliphatic rings. The van der Waals surface area contributed by atoms with E-state index in [1.165, 1.54) is 6.07 Å². The summed E-state index contributed by atoms with van der Waals surface area (Å²) in [5.41, 5.74) is 0.0755. The Morgan fingerprint density at radius 1 is 1.33 bits per heavy atom. The first-order chi connectivity index (χ1) is 9.93. The average Bonchev–Trinajstić information content (AvgIpc) is 2.81. The molecule has 0 aromatic carbocycles. The van der Waals surface area contributed by atoms with Crippen molar-refractivity contribution in [3.63, 3.8) is 0 Å². The van der Waals surface area contributed by atoms with E-state index in [4.69, 9.17) is 0 Å². The number of piperidine rings is 1. The van der Waals surface area contributed by atoms with Crippen LogP contribution >= 0.6 is 0 Å². The Bertz CT molecular complexity index is 637. The molecule has 0 radical (unpaired) electrons. The van der Waals surface area contributed by atoms with Crippen molar-refractivity contribution >= 4 is 11.5 Å². The zero-order chi connectivity index (χ0) is 15.0. The van der Waals surface area contributed by atoms with E-state index in [-0.39, 0.29) is 11.7 Å². The van der Waals surface area contributed by atoms with Crippen LogP contribution < -0.4 is 10.6 Å². The van der Waals surface area contributed by atoms with Crippen LogP contribution in [0.2, 0.25) is 0 Å². The molecule has 2 aromatic heterocycles. The zero-order valence-corrected chi connectivity index (χ0v) is 11.4. The molecule has 0 amide bonds. The zero-order valence-electron chi connectivity index (χ0n) is 11.4. The third-order valence-corrected chi connectivity index (χ3v) is 3.49. The molecule has 114 valence electrons. The quantitative estimate of drug-likeness (QED) is 0.883. The lowest BCUT2D eigenvalue weighted by atomic mass is 10.0. The van der Waals surface area contributed by atoms with Crippen molar-refractivity contribution in [1.82, 2.24) is 25.1 Å². The standard InChI is InChI=1S/C12H15F3N6/c1-7-6-8(4-5-16-7)17-9-2-3-10-18-19-11(12(13,14)15)21(10)20-9/h2-3,7-8,16H,4-6H2,1H3,(H,17,20). The van der Waals surface area contributed by atoms with Crippen molar-refractivity contribution in [2.45, 2.75) is 38.0 Å². The van der Waals surface area contributed by atoms with Gasteiger partial charge >= 0.3 is 6.18 Å². The number of aromatic nitrogens is 4. The number of anilines is 1. The molecule has 2 aromatic rings. The normalized spacial score (nSPS) is 23.4. The predicted octanol–water partition coefficient (Wildman–Crippen LogP) is 1.70. The Hall–Kier alpha value is -1.90. The summed E-state index contributed by atoms with van der Waals surface area (Å²) < 4.78 is 39.1. The lowest BCUT2D eigenvalue weighted by molar-refractivity contribution is -0.146. The maximum atomic E-state index is 12.8. The van der Waals surface area contributed by atoms with Crippen LogP contribution in [0.25, 0.3) is 5.65 Å². The Kier molecular flexibility index (Phi) is 3.44. The van der Waals surface area contributed by atoms with Gasteiger partial charge in [0.15, 0.2) is 5.65 Å². The second-order valence-electron chi connectivity index (χ2n) is 5.23. The third kappa shape index (κ3) is 2.92. The second kappa shape index (κ2) is 5.14. The highest BCUT2D eigenvalue weighted by atomic mass is 19.4. The molecule has 1 aliphatic heterocycles. The van der Waals surface area contributed by atoms with Gasteiger partial charge in [0.25, 0.3) is 5.82 Å². The lowest BCUT2D eigenvalue weighted by Crippen LogP contribution is -2.41. The number of rotatable bonds is 2. The molecule has 3 heterocycles. The molecular weight excluding hydrogens is 285 g/mol. The fraction of sp³-hybridized carbons (Fsp3) is 0.583. The van der Waals surface area contributed by atoms with Gasteiger partial charge in [0, 0.05) is 12.1 Å². The maximum Gasteiger partial charge on any atom is 0.453 e. The van der Waals surface area contributed by atoms with Gasteiger partial charge in [0.1, 0.15) is 5.82 Å². The van der Waals surface area contributed by atoms with Crippen LogP contribution in [0.15, 0.2) is 12.1 Å². The topological polar surface area (TPSA) is 67.1 Å². The summed E-state index contributed by atoms with van der Waals surface area (Å²) in [5, 5.41) is 17.1. The van der Waals surface area contributed by atoms with E-state index in [1.807, 2.05) is 0 Å². The molecule has 3 rings (SSSR count). The second-order valence-corrected chi connectivity index (χ2v) is 5.23. The first-order valence-corrected chi connectivity index (χ1v) is 6.73. The summed E-state index contributed by atoms with van der Waals surface area (Å²) in [5.74, 6) is -0.716. The number of nitrogens with one attached hydrogen (secondary N) is 2. The van der Waals surface area contributed by atoms with Gasteiger partial charge in [-0.2, -0.15) is 17.7 Å². The van der Waals surface area contributed by atoms with Gasteiger partial charge in [-0.1, -0.05) is 0 Å². The fourth-order valence-electron chi connectivity index (χ4n) is 2.51. The first-order valence-electron chi connectivity index (χ1n) is 6.73. The predicted molar refractivity (Wildman–Crippen MR) is 69.9 cm³/mol. The highest BCUT2D eigenvalue weighted by Crippen LogP contribution is 2.27. The highest BCUT2D eigenvalue weighted by molar-refractivity contribution is 5.44. The van der Waals surface area contributed by atoms with Gasteiger partial charge in [0.05, 0.1) is 0 Å². The molecule has 0 spiro atoms. The minimum atomic E-state index is -4.58. The molecule has 0 saturated carbocycles. The van der Waals surface area contributed by atoms with E-state index >= 15 is 0 Å². The summed E-state index contributed by atoms with van der Waals surface area (Å²) in [7, 11) is 0. The van der Waals surface area contributed by atoms with Crippen LogP contribution in [-0.2, 0) is 6.18 Å². The van der Waals surface area contributed by atoms with Crippen LogP contribution in [0.3, 0.4) is 0 Å². The Morgan fingerprint density at radius 3 is 2.86 bits per heavy atom. The van der Waals surface area contributed by atoms with Crippen LogP contribution in [-0.4, -0.2) is 38.4 Å². The molecule has 1 fully saturated rings. The third-order valence-electron chi connectivity index (χ3n) is 3.49. The average molecular weight is 300 g/mol. The Balaban J connectivity index is 1.86. The molecule has 0 bridgehead atoms. The van der Waals surface area contributed by atoms with Crippen molar-refractivity contribution in [3.05, 3.63) is 18.0 Å². The first kappa shape index (κ1) is 14.1. The summed E-state index contributed by atoms with van der Waals surface area (Å²) >= 11 is 0. The van der Waals surface area contributed by atoms with Crippen molar-refractivity contribution in [2.24, 2.45) is 0 Å². The van der Waals surface area contributed by atoms with Crippen LogP contribution in [0.1, 0.15) is 25.6 Å². The highest BCUT2D eigenvalue weighted by Gasteiger charge is 2.37. The van der Waals surface area contributed by atoms with E-state index < -0.39 is 12.0 Å². The molecular formula is C12H15F3N6. The van der Waals surface area contributed by atoms with E-state index in [0.29, 0.717) is 11.9 Å². The van der Waals surface area contributed by atoms with Gasteiger partial charge in [-0.15, -0.1) is 15.3 Å². The molecule has 6 nitrogen and oxygen atoms in total. The van der Waals surface area contributed by atoms with E-state index in [1.54, 1.807) is 6.07 Å². The van der Waals surface area contributed by atoms with Gasteiger partial charge < -0.3 is 10.6 Å². The van der Waals surface area contributed by atoms with Crippen molar-refractivity contribution in [2.75, 3.05) is 11.9 Å². The van der Waals surface area contributed by atoms with Gasteiger partial charge in [-0.25, -0.2) is 0 Å². The van der Waals surface area contributed by atoms with Crippen LogP contribution in [0.5, 0.6) is 0 Å². The van der Waals surface area contributed by atoms with Gasteiger partial charge in [-0.05, 0) is 38.4 Å². The summed E-state index contributed by atoms with van der Waals surface area (Å²) in [6, 6.07) is 3.66. The summed E-state index contributed by atoms with van der Waals surface area (Å²) in [4.78, 5) is 0. The van der Waals surface area contributed by atoms with Gasteiger partial charge in [0.2, 0.25) is 0 Å². The number of hydrogen-bond acceptors (Lipinski definition) is 5. The van der Waals surface area contributed by atoms with E-state index in [2.05, 4.69) is 32.9 Å². The molecule has 2 atom stereocenters. The number of nitrogens with zero attached hydrogens (tertiary/aromatic N) is 4. The molecule has 1 saturated heterocycles.